The number of hydrogen-bond acceptors (Lipinski definition) is 3. The molecule has 1 amide bonds. The van der Waals surface area contributed by atoms with Crippen LogP contribution in [0.5, 0.6) is 0 Å². The summed E-state index contributed by atoms with van der Waals surface area (Å²) in [6.45, 7) is 1.21. The number of amides is 1. The lowest BCUT2D eigenvalue weighted by Gasteiger charge is -2.33. The first-order valence-electron chi connectivity index (χ1n) is 9.18. The second-order valence-electron chi connectivity index (χ2n) is 6.88. The zero-order chi connectivity index (χ0) is 20.1. The smallest absolute Gasteiger partial charge is 0.220 e. The van der Waals surface area contributed by atoms with Crippen LogP contribution in [0, 0.1) is 17.5 Å². The van der Waals surface area contributed by atoms with Crippen LogP contribution in [0.3, 0.4) is 0 Å². The van der Waals surface area contributed by atoms with E-state index in [2.05, 4.69) is 10.6 Å². The molecule has 1 saturated heterocycles. The second-order valence-corrected chi connectivity index (χ2v) is 6.88. The van der Waals surface area contributed by atoms with Gasteiger partial charge in [-0.2, -0.15) is 0 Å². The minimum absolute atomic E-state index is 0.00277. The van der Waals surface area contributed by atoms with Gasteiger partial charge in [-0.25, -0.2) is 13.2 Å². The number of hydrogen-bond donors (Lipinski definition) is 2. The van der Waals surface area contributed by atoms with Gasteiger partial charge in [-0.15, -0.1) is 0 Å². The Labute approximate surface area is 161 Å². The van der Waals surface area contributed by atoms with E-state index in [1.807, 2.05) is 0 Å². The number of halogens is 3. The van der Waals surface area contributed by atoms with Crippen LogP contribution < -0.4 is 10.6 Å². The molecule has 2 atom stereocenters. The topological polar surface area (TPSA) is 58.2 Å². The fourth-order valence-corrected chi connectivity index (χ4v) is 3.44. The largest absolute Gasteiger partial charge is 0.351 e. The van der Waals surface area contributed by atoms with E-state index >= 15 is 0 Å². The van der Waals surface area contributed by atoms with Gasteiger partial charge < -0.3 is 10.6 Å². The highest BCUT2D eigenvalue weighted by Crippen LogP contribution is 2.27. The number of carbonyl (C=O) groups is 2. The molecule has 7 heteroatoms. The third-order valence-electron chi connectivity index (χ3n) is 4.95. The van der Waals surface area contributed by atoms with E-state index in [0.717, 1.165) is 6.07 Å². The molecule has 1 heterocycles. The summed E-state index contributed by atoms with van der Waals surface area (Å²) in [6, 6.07) is 8.69. The normalized spacial score (nSPS) is 19.2. The van der Waals surface area contributed by atoms with Crippen molar-refractivity contribution in [3.63, 3.8) is 0 Å². The van der Waals surface area contributed by atoms with E-state index in [4.69, 9.17) is 0 Å². The van der Waals surface area contributed by atoms with Crippen LogP contribution in [0.1, 0.15) is 41.1 Å². The van der Waals surface area contributed by atoms with Crippen molar-refractivity contribution >= 4 is 11.7 Å². The third kappa shape index (κ3) is 4.98. The van der Waals surface area contributed by atoms with Gasteiger partial charge >= 0.3 is 0 Å². The highest BCUT2D eigenvalue weighted by atomic mass is 19.2. The average Bonchev–Trinajstić information content (AvgIpc) is 2.69. The van der Waals surface area contributed by atoms with Crippen molar-refractivity contribution in [2.45, 2.75) is 31.2 Å². The highest BCUT2D eigenvalue weighted by Gasteiger charge is 2.28. The van der Waals surface area contributed by atoms with Gasteiger partial charge in [0.25, 0.3) is 0 Å². The average molecular weight is 390 g/mol. The van der Waals surface area contributed by atoms with Crippen molar-refractivity contribution in [2.75, 3.05) is 13.1 Å². The molecule has 1 aliphatic heterocycles. The first kappa shape index (κ1) is 20.1. The summed E-state index contributed by atoms with van der Waals surface area (Å²) in [4.78, 5) is 24.4. The van der Waals surface area contributed by atoms with E-state index in [9.17, 15) is 22.8 Å². The van der Waals surface area contributed by atoms with Gasteiger partial charge in [0.15, 0.2) is 17.4 Å². The van der Waals surface area contributed by atoms with Crippen LogP contribution in [0.25, 0.3) is 0 Å². The van der Waals surface area contributed by atoms with Crippen LogP contribution >= 0.6 is 0 Å². The Morgan fingerprint density at radius 3 is 2.46 bits per heavy atom. The summed E-state index contributed by atoms with van der Waals surface area (Å²) >= 11 is 0. The van der Waals surface area contributed by atoms with E-state index in [0.29, 0.717) is 30.6 Å². The maximum atomic E-state index is 13.6. The molecule has 0 bridgehead atoms. The molecule has 28 heavy (non-hydrogen) atoms. The van der Waals surface area contributed by atoms with Crippen molar-refractivity contribution in [3.05, 3.63) is 71.0 Å². The molecule has 2 aromatic rings. The molecule has 4 nitrogen and oxygen atoms in total. The molecule has 0 saturated carbocycles. The molecule has 0 aliphatic carbocycles. The molecule has 2 N–H and O–H groups in total. The zero-order valence-electron chi connectivity index (χ0n) is 15.2. The highest BCUT2D eigenvalue weighted by molar-refractivity contribution is 5.97. The summed E-state index contributed by atoms with van der Waals surface area (Å²) in [6.07, 6.45) is 0.676. The predicted octanol–water partition coefficient (Wildman–Crippen LogP) is 3.33. The van der Waals surface area contributed by atoms with Crippen LogP contribution in [0.15, 0.2) is 42.5 Å². The van der Waals surface area contributed by atoms with Crippen LogP contribution in [-0.4, -0.2) is 30.8 Å². The van der Waals surface area contributed by atoms with Gasteiger partial charge in [0.2, 0.25) is 5.91 Å². The zero-order valence-corrected chi connectivity index (χ0v) is 15.2. The molecule has 2 unspecified atom stereocenters. The molecule has 1 fully saturated rings. The van der Waals surface area contributed by atoms with Gasteiger partial charge in [0.1, 0.15) is 5.82 Å². The van der Waals surface area contributed by atoms with Gasteiger partial charge in [-0.05, 0) is 54.9 Å². The molecular formula is C21H21F3N2O2. The summed E-state index contributed by atoms with van der Waals surface area (Å²) in [7, 11) is 0. The fourth-order valence-electron chi connectivity index (χ4n) is 3.44. The number of ketones is 1. The quantitative estimate of drug-likeness (QED) is 0.744. The molecule has 0 spiro atoms. The lowest BCUT2D eigenvalue weighted by molar-refractivity contribution is -0.122. The SMILES string of the molecule is O=C(CCC(=O)c1ccc(F)cc1)NC1CNCCC1c1ccc(F)c(F)c1. The Morgan fingerprint density at radius 1 is 1.00 bits per heavy atom. The van der Waals surface area contributed by atoms with Crippen molar-refractivity contribution in [2.24, 2.45) is 0 Å². The molecule has 2 aromatic carbocycles. The Bertz CT molecular complexity index is 855. The summed E-state index contributed by atoms with van der Waals surface area (Å²) in [5.41, 5.74) is 0.987. The Morgan fingerprint density at radius 2 is 1.75 bits per heavy atom. The third-order valence-corrected chi connectivity index (χ3v) is 4.95. The summed E-state index contributed by atoms with van der Waals surface area (Å²) < 4.78 is 39.7. The second kappa shape index (κ2) is 9.01. The maximum absolute atomic E-state index is 13.6. The van der Waals surface area contributed by atoms with Crippen LogP contribution in [0.2, 0.25) is 0 Å². The Hall–Kier alpha value is -2.67. The lowest BCUT2D eigenvalue weighted by Crippen LogP contribution is -2.50. The summed E-state index contributed by atoms with van der Waals surface area (Å²) in [5.74, 6) is -2.93. The number of nitrogens with one attached hydrogen (secondary N) is 2. The monoisotopic (exact) mass is 390 g/mol. The van der Waals surface area contributed by atoms with Crippen LogP contribution in [0.4, 0.5) is 13.2 Å². The molecular weight excluding hydrogens is 369 g/mol. The molecule has 0 aromatic heterocycles. The van der Waals surface area contributed by atoms with Crippen molar-refractivity contribution in [1.82, 2.24) is 10.6 Å². The lowest BCUT2D eigenvalue weighted by atomic mass is 9.86. The number of Topliss-reactive ketones (excluding diaryl/α,β-unsaturated/α-hetero) is 1. The van der Waals surface area contributed by atoms with Crippen LogP contribution in [-0.2, 0) is 4.79 Å². The van der Waals surface area contributed by atoms with Crippen molar-refractivity contribution in [3.8, 4) is 0 Å². The van der Waals surface area contributed by atoms with Crippen molar-refractivity contribution < 1.29 is 22.8 Å². The van der Waals surface area contributed by atoms with E-state index in [-0.39, 0.29) is 36.5 Å². The van der Waals surface area contributed by atoms with E-state index in [1.165, 1.54) is 36.4 Å². The van der Waals surface area contributed by atoms with Gasteiger partial charge in [0.05, 0.1) is 0 Å². The maximum Gasteiger partial charge on any atom is 0.220 e. The minimum Gasteiger partial charge on any atom is -0.351 e. The standard InChI is InChI=1S/C21H21F3N2O2/c22-15-4-1-13(2-5-15)20(27)7-8-21(28)26-19-12-25-10-9-16(19)14-3-6-17(23)18(24)11-14/h1-6,11,16,19,25H,7-10,12H2,(H,26,28). The Balaban J connectivity index is 1.58. The fraction of sp³-hybridized carbons (Fsp3) is 0.333. The van der Waals surface area contributed by atoms with Gasteiger partial charge in [-0.3, -0.25) is 9.59 Å². The minimum atomic E-state index is -0.911. The molecule has 0 radical (unpaired) electrons. The van der Waals surface area contributed by atoms with E-state index in [1.54, 1.807) is 0 Å². The van der Waals surface area contributed by atoms with Crippen molar-refractivity contribution in [1.29, 1.82) is 0 Å². The number of piperidine rings is 1. The van der Waals surface area contributed by atoms with Gasteiger partial charge in [0, 0.05) is 36.9 Å². The summed E-state index contributed by atoms with van der Waals surface area (Å²) in [5, 5.41) is 6.06. The first-order valence-corrected chi connectivity index (χ1v) is 9.18. The molecule has 3 rings (SSSR count). The van der Waals surface area contributed by atoms with E-state index < -0.39 is 17.5 Å². The predicted molar refractivity (Wildman–Crippen MR) is 98.5 cm³/mol. The molecule has 148 valence electrons. The van der Waals surface area contributed by atoms with Gasteiger partial charge in [-0.1, -0.05) is 6.07 Å². The molecule has 1 aliphatic rings. The first-order chi connectivity index (χ1) is 13.4. The Kier molecular flexibility index (Phi) is 6.46. The number of benzene rings is 2. The number of carbonyl (C=O) groups excluding carboxylic acids is 2. The number of rotatable bonds is 6.